The van der Waals surface area contributed by atoms with Crippen LogP contribution in [0.5, 0.6) is 5.75 Å². The van der Waals surface area contributed by atoms with Gasteiger partial charge >= 0.3 is 0 Å². The van der Waals surface area contributed by atoms with Crippen molar-refractivity contribution in [1.29, 1.82) is 0 Å². The largest absolute Gasteiger partial charge is 0.493 e. The third-order valence-corrected chi connectivity index (χ3v) is 3.28. The number of halogens is 2. The fraction of sp³-hybridized carbons (Fsp3) is 0.500. The normalized spacial score (nSPS) is 14.0. The van der Waals surface area contributed by atoms with E-state index in [1.807, 2.05) is 0 Å². The van der Waals surface area contributed by atoms with Crippen molar-refractivity contribution in [3.8, 4) is 5.75 Å². The molecule has 0 saturated carbocycles. The van der Waals surface area contributed by atoms with Crippen LogP contribution in [0.25, 0.3) is 0 Å². The van der Waals surface area contributed by atoms with Gasteiger partial charge in [-0.3, -0.25) is 0 Å². The maximum absolute atomic E-state index is 13.4. The fourth-order valence-corrected chi connectivity index (χ4v) is 2.23. The highest BCUT2D eigenvalue weighted by Gasteiger charge is 2.19. The first-order chi connectivity index (χ1) is 7.33. The van der Waals surface area contributed by atoms with Crippen LogP contribution in [0.4, 0.5) is 4.39 Å². The lowest BCUT2D eigenvalue weighted by Crippen LogP contribution is -2.01. The fourth-order valence-electron chi connectivity index (χ4n) is 2.00. The van der Waals surface area contributed by atoms with Crippen molar-refractivity contribution in [3.05, 3.63) is 29.1 Å². The van der Waals surface area contributed by atoms with Gasteiger partial charge in [-0.2, -0.15) is 0 Å². The number of hydrogen-bond acceptors (Lipinski definition) is 1. The summed E-state index contributed by atoms with van der Waals surface area (Å²) < 4.78 is 19.0. The van der Waals surface area contributed by atoms with Crippen LogP contribution in [0.3, 0.4) is 0 Å². The predicted molar refractivity (Wildman–Crippen MR) is 62.3 cm³/mol. The first-order valence-electron chi connectivity index (χ1n) is 5.32. The van der Waals surface area contributed by atoms with Crippen molar-refractivity contribution in [3.63, 3.8) is 0 Å². The van der Waals surface area contributed by atoms with Gasteiger partial charge in [0.1, 0.15) is 11.6 Å². The summed E-state index contributed by atoms with van der Waals surface area (Å²) in [4.78, 5) is 0. The summed E-state index contributed by atoms with van der Waals surface area (Å²) in [6.07, 6.45) is 3.84. The molecule has 3 heteroatoms. The Balaban J connectivity index is 2.15. The minimum atomic E-state index is -0.0738. The average molecular weight is 273 g/mol. The van der Waals surface area contributed by atoms with Crippen LogP contribution in [0.15, 0.2) is 12.1 Å². The van der Waals surface area contributed by atoms with Crippen LogP contribution in [0.1, 0.15) is 24.0 Å². The third kappa shape index (κ3) is 2.33. The van der Waals surface area contributed by atoms with Crippen molar-refractivity contribution in [1.82, 2.24) is 0 Å². The summed E-state index contributed by atoms with van der Waals surface area (Å²) in [5.41, 5.74) is 1.95. The zero-order valence-electron chi connectivity index (χ0n) is 8.56. The van der Waals surface area contributed by atoms with Gasteiger partial charge in [0.15, 0.2) is 0 Å². The van der Waals surface area contributed by atoms with Gasteiger partial charge < -0.3 is 4.74 Å². The monoisotopic (exact) mass is 272 g/mol. The van der Waals surface area contributed by atoms with Crippen molar-refractivity contribution >= 4 is 15.9 Å². The number of benzene rings is 1. The SMILES string of the molecule is Fc1ccc(OCCCBr)c2c1CCC2. The molecule has 0 saturated heterocycles. The smallest absolute Gasteiger partial charge is 0.126 e. The van der Waals surface area contributed by atoms with Crippen LogP contribution in [-0.4, -0.2) is 11.9 Å². The maximum atomic E-state index is 13.4. The van der Waals surface area contributed by atoms with Crippen molar-refractivity contribution in [2.45, 2.75) is 25.7 Å². The second kappa shape index (κ2) is 4.97. The lowest BCUT2D eigenvalue weighted by atomic mass is 10.1. The highest BCUT2D eigenvalue weighted by atomic mass is 79.9. The molecule has 0 atom stereocenters. The zero-order valence-corrected chi connectivity index (χ0v) is 10.1. The Morgan fingerprint density at radius 3 is 2.87 bits per heavy atom. The summed E-state index contributed by atoms with van der Waals surface area (Å²) >= 11 is 3.36. The van der Waals surface area contributed by atoms with E-state index in [0.717, 1.165) is 47.9 Å². The molecular weight excluding hydrogens is 259 g/mol. The molecule has 0 amide bonds. The van der Waals surface area contributed by atoms with Gasteiger partial charge in [0.2, 0.25) is 0 Å². The van der Waals surface area contributed by atoms with Crippen molar-refractivity contribution < 1.29 is 9.13 Å². The molecule has 82 valence electrons. The van der Waals surface area contributed by atoms with Gasteiger partial charge in [0.05, 0.1) is 6.61 Å². The highest BCUT2D eigenvalue weighted by molar-refractivity contribution is 9.09. The van der Waals surface area contributed by atoms with Gasteiger partial charge in [0, 0.05) is 10.9 Å². The molecule has 2 rings (SSSR count). The molecule has 0 unspecified atom stereocenters. The Kier molecular flexibility index (Phi) is 3.62. The second-order valence-corrected chi connectivity index (χ2v) is 4.54. The quantitative estimate of drug-likeness (QED) is 0.603. The van der Waals surface area contributed by atoms with Gasteiger partial charge in [0.25, 0.3) is 0 Å². The lowest BCUT2D eigenvalue weighted by Gasteiger charge is -2.10. The molecule has 1 aromatic rings. The Hall–Kier alpha value is -0.570. The van der Waals surface area contributed by atoms with E-state index in [4.69, 9.17) is 4.74 Å². The Labute approximate surface area is 97.8 Å². The van der Waals surface area contributed by atoms with E-state index >= 15 is 0 Å². The van der Waals surface area contributed by atoms with E-state index in [1.165, 1.54) is 6.07 Å². The molecule has 0 heterocycles. The molecule has 1 aromatic carbocycles. The molecule has 1 aliphatic rings. The first-order valence-corrected chi connectivity index (χ1v) is 6.44. The molecule has 0 aromatic heterocycles. The minimum Gasteiger partial charge on any atom is -0.493 e. The predicted octanol–water partition coefficient (Wildman–Crippen LogP) is 3.48. The van der Waals surface area contributed by atoms with Crippen molar-refractivity contribution in [2.75, 3.05) is 11.9 Å². The summed E-state index contributed by atoms with van der Waals surface area (Å²) in [5.74, 6) is 0.806. The average Bonchev–Trinajstić information content (AvgIpc) is 2.71. The third-order valence-electron chi connectivity index (χ3n) is 2.72. The lowest BCUT2D eigenvalue weighted by molar-refractivity contribution is 0.315. The summed E-state index contributed by atoms with van der Waals surface area (Å²) in [6.45, 7) is 0.698. The molecular formula is C12H14BrFO. The molecule has 0 N–H and O–H groups in total. The number of ether oxygens (including phenoxy) is 1. The molecule has 0 spiro atoms. The van der Waals surface area contributed by atoms with Crippen molar-refractivity contribution in [2.24, 2.45) is 0 Å². The summed E-state index contributed by atoms with van der Waals surface area (Å²) in [7, 11) is 0. The molecule has 1 nitrogen and oxygen atoms in total. The van der Waals surface area contributed by atoms with Crippen LogP contribution < -0.4 is 4.74 Å². The summed E-state index contributed by atoms with van der Waals surface area (Å²) in [5, 5.41) is 0.941. The van der Waals surface area contributed by atoms with E-state index in [9.17, 15) is 4.39 Å². The number of alkyl halides is 1. The van der Waals surface area contributed by atoms with Crippen LogP contribution in [0.2, 0.25) is 0 Å². The van der Waals surface area contributed by atoms with Crippen LogP contribution >= 0.6 is 15.9 Å². The minimum absolute atomic E-state index is 0.0738. The summed E-state index contributed by atoms with van der Waals surface area (Å²) in [6, 6.07) is 3.28. The van der Waals surface area contributed by atoms with E-state index in [0.29, 0.717) is 6.61 Å². The van der Waals surface area contributed by atoms with E-state index < -0.39 is 0 Å². The molecule has 1 aliphatic carbocycles. The standard InChI is InChI=1S/C12H14BrFO/c13-7-2-8-15-12-6-5-11(14)9-3-1-4-10(9)12/h5-6H,1-4,7-8H2. The molecule has 0 radical (unpaired) electrons. The number of fused-ring (bicyclic) bond motifs is 1. The Morgan fingerprint density at radius 2 is 2.07 bits per heavy atom. The van der Waals surface area contributed by atoms with Gasteiger partial charge in [-0.25, -0.2) is 4.39 Å². The van der Waals surface area contributed by atoms with Gasteiger partial charge in [-0.05, 0) is 43.4 Å². The second-order valence-electron chi connectivity index (χ2n) is 3.75. The van der Waals surface area contributed by atoms with Crippen LogP contribution in [-0.2, 0) is 12.8 Å². The Morgan fingerprint density at radius 1 is 1.27 bits per heavy atom. The van der Waals surface area contributed by atoms with Crippen LogP contribution in [0, 0.1) is 5.82 Å². The van der Waals surface area contributed by atoms with E-state index in [-0.39, 0.29) is 5.82 Å². The highest BCUT2D eigenvalue weighted by Crippen LogP contribution is 2.32. The van der Waals surface area contributed by atoms with E-state index in [2.05, 4.69) is 15.9 Å². The Bertz CT molecular complexity index is 352. The number of rotatable bonds is 4. The molecule has 0 bridgehead atoms. The van der Waals surface area contributed by atoms with Gasteiger partial charge in [-0.1, -0.05) is 15.9 Å². The topological polar surface area (TPSA) is 9.23 Å². The van der Waals surface area contributed by atoms with E-state index in [1.54, 1.807) is 6.07 Å². The molecule has 0 fully saturated rings. The molecule has 15 heavy (non-hydrogen) atoms. The maximum Gasteiger partial charge on any atom is 0.126 e. The number of hydrogen-bond donors (Lipinski definition) is 0. The molecule has 0 aliphatic heterocycles. The zero-order chi connectivity index (χ0) is 10.7. The van der Waals surface area contributed by atoms with Gasteiger partial charge in [-0.15, -0.1) is 0 Å². The first kappa shape index (κ1) is 10.9.